The summed E-state index contributed by atoms with van der Waals surface area (Å²) in [5.74, 6) is -1.09. The van der Waals surface area contributed by atoms with Crippen LogP contribution in [0.2, 0.25) is 0 Å². The average Bonchev–Trinajstić information content (AvgIpc) is 2.72. The van der Waals surface area contributed by atoms with Crippen molar-refractivity contribution in [3.05, 3.63) is 59.7 Å². The fourth-order valence-electron chi connectivity index (χ4n) is 2.91. The summed E-state index contributed by atoms with van der Waals surface area (Å²) in [5, 5.41) is 18.9. The van der Waals surface area contributed by atoms with Gasteiger partial charge in [0.25, 0.3) is 0 Å². The third-order valence-corrected chi connectivity index (χ3v) is 4.28. The van der Waals surface area contributed by atoms with Crippen molar-refractivity contribution < 1.29 is 28.2 Å². The zero-order valence-electron chi connectivity index (χ0n) is 15.6. The average molecular weight is 411 g/mol. The van der Waals surface area contributed by atoms with Crippen molar-refractivity contribution in [1.82, 2.24) is 4.98 Å². The number of aromatic carboxylic acids is 1. The Kier molecular flexibility index (Phi) is 5.78. The highest BCUT2D eigenvalue weighted by atomic mass is 19.3. The van der Waals surface area contributed by atoms with Crippen LogP contribution in [0.15, 0.2) is 48.5 Å². The van der Waals surface area contributed by atoms with Gasteiger partial charge < -0.3 is 20.3 Å². The Morgan fingerprint density at radius 1 is 1.17 bits per heavy atom. The molecule has 0 atom stereocenters. The smallest absolute Gasteiger partial charge is 0.387 e. The quantitative estimate of drug-likeness (QED) is 0.625. The van der Waals surface area contributed by atoms with E-state index in [-0.39, 0.29) is 28.4 Å². The highest BCUT2D eigenvalue weighted by Crippen LogP contribution is 2.34. The predicted molar refractivity (Wildman–Crippen MR) is 104 cm³/mol. The molecular formula is C21H15F2N3O4. The van der Waals surface area contributed by atoms with Crippen LogP contribution in [0.25, 0.3) is 22.4 Å². The van der Waals surface area contributed by atoms with Crippen molar-refractivity contribution in [3.63, 3.8) is 0 Å². The number of carboxylic acids is 1. The first-order valence-electron chi connectivity index (χ1n) is 8.51. The van der Waals surface area contributed by atoms with Gasteiger partial charge >= 0.3 is 12.6 Å². The van der Waals surface area contributed by atoms with Crippen molar-refractivity contribution >= 4 is 11.8 Å². The second kappa shape index (κ2) is 8.45. The number of carbonyl (C=O) groups is 1. The number of nitriles is 1. The van der Waals surface area contributed by atoms with Crippen LogP contribution in [0, 0.1) is 11.3 Å². The van der Waals surface area contributed by atoms with E-state index in [9.17, 15) is 23.9 Å². The molecule has 3 aromatic rings. The number of rotatable bonds is 6. The van der Waals surface area contributed by atoms with Gasteiger partial charge in [-0.05, 0) is 48.0 Å². The monoisotopic (exact) mass is 411 g/mol. The molecule has 0 spiro atoms. The molecule has 152 valence electrons. The molecule has 1 aromatic heterocycles. The van der Waals surface area contributed by atoms with Crippen molar-refractivity contribution in [2.45, 2.75) is 6.61 Å². The lowest BCUT2D eigenvalue weighted by atomic mass is 9.96. The van der Waals surface area contributed by atoms with Crippen LogP contribution < -0.4 is 15.2 Å². The third kappa shape index (κ3) is 4.12. The molecule has 3 N–H and O–H groups in total. The largest absolute Gasteiger partial charge is 0.496 e. The second-order valence-corrected chi connectivity index (χ2v) is 6.05. The molecule has 30 heavy (non-hydrogen) atoms. The topological polar surface area (TPSA) is 118 Å². The second-order valence-electron chi connectivity index (χ2n) is 6.05. The van der Waals surface area contributed by atoms with E-state index in [0.29, 0.717) is 22.4 Å². The Morgan fingerprint density at radius 2 is 1.83 bits per heavy atom. The van der Waals surface area contributed by atoms with Crippen molar-refractivity contribution in [1.29, 1.82) is 5.26 Å². The van der Waals surface area contributed by atoms with Gasteiger partial charge in [-0.1, -0.05) is 6.07 Å². The molecule has 0 radical (unpaired) electrons. The summed E-state index contributed by atoms with van der Waals surface area (Å²) in [6.07, 6.45) is 0. The minimum Gasteiger partial charge on any atom is -0.496 e. The number of nitrogens with two attached hydrogens (primary N) is 1. The van der Waals surface area contributed by atoms with E-state index >= 15 is 0 Å². The maximum atomic E-state index is 12.3. The van der Waals surface area contributed by atoms with Gasteiger partial charge in [0.1, 0.15) is 34.5 Å². The van der Waals surface area contributed by atoms with Crippen LogP contribution in [0.5, 0.6) is 11.5 Å². The Balaban J connectivity index is 2.12. The number of halogens is 2. The number of pyridine rings is 1. The molecule has 0 saturated carbocycles. The SMILES string of the molecule is COc1ccc(-c2cc(-c3ccc(OC(F)F)cc3)nc(N)c2C#N)cc1C(=O)O. The summed E-state index contributed by atoms with van der Waals surface area (Å²) < 4.78 is 34.1. The van der Waals surface area contributed by atoms with Crippen molar-refractivity contribution in [2.24, 2.45) is 0 Å². The van der Waals surface area contributed by atoms with Crippen LogP contribution in [-0.4, -0.2) is 29.8 Å². The van der Waals surface area contributed by atoms with Gasteiger partial charge in [0.2, 0.25) is 0 Å². The Bertz CT molecular complexity index is 1140. The van der Waals surface area contributed by atoms with Crippen molar-refractivity contribution in [2.75, 3.05) is 12.8 Å². The number of aromatic nitrogens is 1. The van der Waals surface area contributed by atoms with Crippen molar-refractivity contribution in [3.8, 4) is 40.0 Å². The lowest BCUT2D eigenvalue weighted by molar-refractivity contribution is -0.0498. The fraction of sp³-hybridized carbons (Fsp3) is 0.0952. The summed E-state index contributed by atoms with van der Waals surface area (Å²) >= 11 is 0. The molecule has 0 aliphatic carbocycles. The minimum absolute atomic E-state index is 0.0168. The van der Waals surface area contributed by atoms with Gasteiger partial charge in [0.15, 0.2) is 0 Å². The van der Waals surface area contributed by atoms with E-state index in [1.54, 1.807) is 12.1 Å². The van der Waals surface area contributed by atoms with Gasteiger partial charge in [-0.25, -0.2) is 9.78 Å². The molecule has 0 unspecified atom stereocenters. The molecule has 3 rings (SSSR count). The molecule has 1 heterocycles. The number of carboxylic acid groups (broad SMARTS) is 1. The number of benzene rings is 2. The normalized spacial score (nSPS) is 10.5. The number of anilines is 1. The zero-order chi connectivity index (χ0) is 21.8. The summed E-state index contributed by atoms with van der Waals surface area (Å²) in [6.45, 7) is -2.94. The Morgan fingerprint density at radius 3 is 2.40 bits per heavy atom. The summed E-state index contributed by atoms with van der Waals surface area (Å²) in [5.41, 5.74) is 7.68. The van der Waals surface area contributed by atoms with Gasteiger partial charge in [-0.15, -0.1) is 0 Å². The van der Waals surface area contributed by atoms with E-state index in [4.69, 9.17) is 10.5 Å². The van der Waals surface area contributed by atoms with E-state index in [1.807, 2.05) is 6.07 Å². The maximum absolute atomic E-state index is 12.3. The fourth-order valence-corrected chi connectivity index (χ4v) is 2.91. The molecule has 0 aliphatic heterocycles. The molecule has 2 aromatic carbocycles. The molecule has 7 nitrogen and oxygen atoms in total. The van der Waals surface area contributed by atoms with Crippen LogP contribution >= 0.6 is 0 Å². The number of methoxy groups -OCH3 is 1. The molecule has 0 amide bonds. The molecular weight excluding hydrogens is 396 g/mol. The summed E-state index contributed by atoms with van der Waals surface area (Å²) in [7, 11) is 1.35. The zero-order valence-corrected chi connectivity index (χ0v) is 15.6. The highest BCUT2D eigenvalue weighted by Gasteiger charge is 2.17. The molecule has 0 bridgehead atoms. The van der Waals surface area contributed by atoms with E-state index < -0.39 is 12.6 Å². The number of hydrogen-bond donors (Lipinski definition) is 2. The van der Waals surface area contributed by atoms with Gasteiger partial charge in [0, 0.05) is 11.1 Å². The van der Waals surface area contributed by atoms with Gasteiger partial charge in [-0.3, -0.25) is 0 Å². The first-order chi connectivity index (χ1) is 14.3. The number of nitrogens with zero attached hydrogens (tertiary/aromatic N) is 2. The van der Waals surface area contributed by atoms with Crippen LogP contribution in [0.4, 0.5) is 14.6 Å². The van der Waals surface area contributed by atoms with E-state index in [1.165, 1.54) is 43.5 Å². The lowest BCUT2D eigenvalue weighted by Crippen LogP contribution is -2.03. The minimum atomic E-state index is -2.94. The number of alkyl halides is 2. The highest BCUT2D eigenvalue weighted by molar-refractivity contribution is 5.93. The Labute approximate surface area is 169 Å². The summed E-state index contributed by atoms with van der Waals surface area (Å²) in [6, 6.07) is 13.8. The van der Waals surface area contributed by atoms with E-state index in [0.717, 1.165) is 0 Å². The van der Waals surface area contributed by atoms with Crippen LogP contribution in [-0.2, 0) is 0 Å². The number of ether oxygens (including phenoxy) is 2. The molecule has 0 fully saturated rings. The first kappa shape index (κ1) is 20.5. The van der Waals surface area contributed by atoms with Crippen LogP contribution in [0.3, 0.4) is 0 Å². The Hall–Kier alpha value is -4.19. The summed E-state index contributed by atoms with van der Waals surface area (Å²) in [4.78, 5) is 15.7. The van der Waals surface area contributed by atoms with Gasteiger partial charge in [0.05, 0.1) is 12.8 Å². The maximum Gasteiger partial charge on any atom is 0.387 e. The third-order valence-electron chi connectivity index (χ3n) is 4.28. The standard InChI is InChI=1S/C21H15F2N3O4/c1-29-18-7-4-12(8-15(18)20(27)28)14-9-17(26-19(25)16(14)10-24)11-2-5-13(6-3-11)30-21(22)23/h2-9,21H,1H3,(H2,25,26)(H,27,28). The van der Waals surface area contributed by atoms with E-state index in [2.05, 4.69) is 9.72 Å². The van der Waals surface area contributed by atoms with Crippen LogP contribution in [0.1, 0.15) is 15.9 Å². The first-order valence-corrected chi connectivity index (χ1v) is 8.51. The molecule has 9 heteroatoms. The lowest BCUT2D eigenvalue weighted by Gasteiger charge is -2.12. The predicted octanol–water partition coefficient (Wildman–Crippen LogP) is 4.18. The molecule has 0 saturated heterocycles. The number of nitrogen functional groups attached to an aromatic ring is 1. The molecule has 0 aliphatic rings. The number of hydrogen-bond acceptors (Lipinski definition) is 6. The van der Waals surface area contributed by atoms with Gasteiger partial charge in [-0.2, -0.15) is 14.0 Å².